The maximum atomic E-state index is 11.1. The van der Waals surface area contributed by atoms with Gasteiger partial charge in [-0.15, -0.1) is 0 Å². The van der Waals surface area contributed by atoms with Crippen molar-refractivity contribution < 1.29 is 14.3 Å². The highest BCUT2D eigenvalue weighted by Gasteiger charge is 2.30. The Hall–Kier alpha value is -2.07. The lowest BCUT2D eigenvalue weighted by Crippen LogP contribution is -2.30. The van der Waals surface area contributed by atoms with Crippen LogP contribution in [0.4, 0.5) is 0 Å². The Bertz CT molecular complexity index is 832. The van der Waals surface area contributed by atoms with Crippen molar-refractivity contribution in [2.75, 3.05) is 13.7 Å². The van der Waals surface area contributed by atoms with Crippen molar-refractivity contribution in [3.63, 3.8) is 0 Å². The van der Waals surface area contributed by atoms with E-state index in [1.54, 1.807) is 0 Å². The summed E-state index contributed by atoms with van der Waals surface area (Å²) in [6.45, 7) is 8.67. The van der Waals surface area contributed by atoms with E-state index in [-0.39, 0.29) is 5.97 Å². The largest absolute Gasteiger partial charge is 0.490 e. The van der Waals surface area contributed by atoms with Gasteiger partial charge < -0.3 is 14.8 Å². The number of methoxy groups -OCH3 is 1. The summed E-state index contributed by atoms with van der Waals surface area (Å²) in [4.78, 5) is 11.1. The number of hydrogen-bond acceptors (Lipinski definition) is 4. The van der Waals surface area contributed by atoms with E-state index in [1.807, 2.05) is 0 Å². The van der Waals surface area contributed by atoms with Crippen LogP contribution in [-0.2, 0) is 16.1 Å². The number of esters is 1. The van der Waals surface area contributed by atoms with E-state index < -0.39 is 0 Å². The zero-order valence-electron chi connectivity index (χ0n) is 19.0. The molecule has 4 nitrogen and oxygen atoms in total. The van der Waals surface area contributed by atoms with Crippen molar-refractivity contribution in [3.05, 3.63) is 42.0 Å². The van der Waals surface area contributed by atoms with E-state index in [9.17, 15) is 4.79 Å². The number of ether oxygens (including phenoxy) is 2. The van der Waals surface area contributed by atoms with Crippen molar-refractivity contribution in [1.29, 1.82) is 0 Å². The van der Waals surface area contributed by atoms with Gasteiger partial charge in [0, 0.05) is 13.0 Å². The molecule has 164 valence electrons. The standard InChI is InChI=1S/C26H37NO3/c1-26(2,3)22-10-13-23(14-11-22)30-24-12-9-20-16-19(7-8-21(20)17-24)18-27-15-5-6-25(28)29-4/h7-9,12,16-17,22-23,27H,5-6,10-11,13-15,18H2,1-4H3. The third-order valence-electron chi connectivity index (χ3n) is 6.37. The minimum Gasteiger partial charge on any atom is -0.490 e. The second kappa shape index (κ2) is 10.3. The van der Waals surface area contributed by atoms with Gasteiger partial charge in [0.1, 0.15) is 5.75 Å². The van der Waals surface area contributed by atoms with E-state index >= 15 is 0 Å². The molecule has 0 bridgehead atoms. The number of nitrogens with one attached hydrogen (secondary N) is 1. The molecule has 0 saturated heterocycles. The van der Waals surface area contributed by atoms with E-state index in [0.29, 0.717) is 17.9 Å². The molecule has 1 aliphatic rings. The lowest BCUT2D eigenvalue weighted by molar-refractivity contribution is -0.140. The van der Waals surface area contributed by atoms with E-state index in [2.05, 4.69) is 67.2 Å². The fraction of sp³-hybridized carbons (Fsp3) is 0.577. The number of rotatable bonds is 8. The van der Waals surface area contributed by atoms with Crippen LogP contribution in [0.5, 0.6) is 5.75 Å². The lowest BCUT2D eigenvalue weighted by atomic mass is 9.72. The maximum Gasteiger partial charge on any atom is 0.305 e. The Morgan fingerprint density at radius 3 is 2.43 bits per heavy atom. The van der Waals surface area contributed by atoms with Crippen molar-refractivity contribution in [2.24, 2.45) is 11.3 Å². The molecule has 30 heavy (non-hydrogen) atoms. The van der Waals surface area contributed by atoms with Gasteiger partial charge in [0.05, 0.1) is 13.2 Å². The zero-order chi connectivity index (χ0) is 21.6. The minimum atomic E-state index is -0.150. The molecule has 2 aromatic rings. The molecule has 0 radical (unpaired) electrons. The highest BCUT2D eigenvalue weighted by atomic mass is 16.5. The van der Waals surface area contributed by atoms with Crippen LogP contribution in [-0.4, -0.2) is 25.7 Å². The van der Waals surface area contributed by atoms with Crippen LogP contribution in [0.2, 0.25) is 0 Å². The summed E-state index contributed by atoms with van der Waals surface area (Å²) in [6, 6.07) is 13.0. The Balaban J connectivity index is 1.50. The molecule has 0 unspecified atom stereocenters. The summed E-state index contributed by atoms with van der Waals surface area (Å²) >= 11 is 0. The van der Waals surface area contributed by atoms with Gasteiger partial charge in [-0.05, 0) is 84.5 Å². The molecule has 0 spiro atoms. The van der Waals surface area contributed by atoms with Crippen LogP contribution in [0, 0.1) is 11.3 Å². The van der Waals surface area contributed by atoms with Crippen LogP contribution in [0.3, 0.4) is 0 Å². The Labute approximate surface area is 181 Å². The number of carbonyl (C=O) groups excluding carboxylic acids is 1. The molecule has 0 atom stereocenters. The second-order valence-electron chi connectivity index (χ2n) is 9.66. The summed E-state index contributed by atoms with van der Waals surface area (Å²) < 4.78 is 11.0. The molecule has 0 amide bonds. The highest BCUT2D eigenvalue weighted by molar-refractivity contribution is 5.84. The van der Waals surface area contributed by atoms with Crippen LogP contribution in [0.1, 0.15) is 64.9 Å². The first-order valence-corrected chi connectivity index (χ1v) is 11.3. The first kappa shape index (κ1) is 22.6. The van der Waals surface area contributed by atoms with Gasteiger partial charge in [-0.2, -0.15) is 0 Å². The molecule has 1 saturated carbocycles. The Morgan fingerprint density at radius 2 is 1.73 bits per heavy atom. The zero-order valence-corrected chi connectivity index (χ0v) is 19.0. The molecule has 4 heteroatoms. The minimum absolute atomic E-state index is 0.150. The number of fused-ring (bicyclic) bond motifs is 1. The monoisotopic (exact) mass is 411 g/mol. The van der Waals surface area contributed by atoms with Gasteiger partial charge in [-0.3, -0.25) is 4.79 Å². The van der Waals surface area contributed by atoms with E-state index in [1.165, 1.54) is 36.3 Å². The quantitative estimate of drug-likeness (QED) is 0.436. The van der Waals surface area contributed by atoms with Gasteiger partial charge >= 0.3 is 5.97 Å². The molecule has 1 aliphatic carbocycles. The molecule has 1 fully saturated rings. The van der Waals surface area contributed by atoms with Crippen LogP contribution in [0.15, 0.2) is 36.4 Å². The highest BCUT2D eigenvalue weighted by Crippen LogP contribution is 2.39. The van der Waals surface area contributed by atoms with Crippen molar-refractivity contribution in [3.8, 4) is 5.75 Å². The summed E-state index contributed by atoms with van der Waals surface area (Å²) in [7, 11) is 1.43. The average molecular weight is 412 g/mol. The molecule has 2 aromatic carbocycles. The summed E-state index contributed by atoms with van der Waals surface area (Å²) in [5, 5.41) is 5.84. The first-order valence-electron chi connectivity index (χ1n) is 11.3. The molecular weight excluding hydrogens is 374 g/mol. The van der Waals surface area contributed by atoms with Gasteiger partial charge in [-0.1, -0.05) is 39.0 Å². The number of benzene rings is 2. The lowest BCUT2D eigenvalue weighted by Gasteiger charge is -2.37. The van der Waals surface area contributed by atoms with Gasteiger partial charge in [0.25, 0.3) is 0 Å². The third-order valence-corrected chi connectivity index (χ3v) is 6.37. The molecule has 0 heterocycles. The summed E-state index contributed by atoms with van der Waals surface area (Å²) in [5.41, 5.74) is 1.65. The molecular formula is C26H37NO3. The SMILES string of the molecule is COC(=O)CCCNCc1ccc2cc(OC3CCC(C(C)(C)C)CC3)ccc2c1. The summed E-state index contributed by atoms with van der Waals surface area (Å²) in [6.07, 6.45) is 6.42. The average Bonchev–Trinajstić information content (AvgIpc) is 2.73. The van der Waals surface area contributed by atoms with Crippen molar-refractivity contribution >= 4 is 16.7 Å². The predicted octanol–water partition coefficient (Wildman–Crippen LogP) is 5.87. The normalized spacial score (nSPS) is 19.6. The number of hydrogen-bond donors (Lipinski definition) is 1. The van der Waals surface area contributed by atoms with Gasteiger partial charge in [0.2, 0.25) is 0 Å². The van der Waals surface area contributed by atoms with Crippen molar-refractivity contribution in [1.82, 2.24) is 5.32 Å². The topological polar surface area (TPSA) is 47.6 Å². The summed E-state index contributed by atoms with van der Waals surface area (Å²) in [5.74, 6) is 1.64. The van der Waals surface area contributed by atoms with E-state index in [0.717, 1.165) is 44.0 Å². The van der Waals surface area contributed by atoms with Crippen molar-refractivity contribution in [2.45, 2.75) is 71.9 Å². The molecule has 1 N–H and O–H groups in total. The molecule has 3 rings (SSSR count). The van der Waals surface area contributed by atoms with Crippen LogP contribution in [0.25, 0.3) is 10.8 Å². The van der Waals surface area contributed by atoms with Gasteiger partial charge in [0.15, 0.2) is 0 Å². The predicted molar refractivity (Wildman–Crippen MR) is 123 cm³/mol. The third kappa shape index (κ3) is 6.46. The fourth-order valence-electron chi connectivity index (χ4n) is 4.39. The first-order chi connectivity index (χ1) is 14.3. The number of carbonyl (C=O) groups is 1. The Morgan fingerprint density at radius 1 is 1.03 bits per heavy atom. The van der Waals surface area contributed by atoms with E-state index in [4.69, 9.17) is 4.74 Å². The maximum absolute atomic E-state index is 11.1. The molecule has 0 aromatic heterocycles. The van der Waals surface area contributed by atoms with Gasteiger partial charge in [-0.25, -0.2) is 0 Å². The smallest absolute Gasteiger partial charge is 0.305 e. The fourth-order valence-corrected chi connectivity index (χ4v) is 4.39. The van der Waals surface area contributed by atoms with Crippen LogP contribution >= 0.6 is 0 Å². The molecule has 0 aliphatic heterocycles. The second-order valence-corrected chi connectivity index (χ2v) is 9.66. The Kier molecular flexibility index (Phi) is 7.76. The van der Waals surface area contributed by atoms with Crippen LogP contribution < -0.4 is 10.1 Å².